The highest BCUT2D eigenvalue weighted by Crippen LogP contribution is 2.46. The molecule has 0 heterocycles. The Bertz CT molecular complexity index is 446. The molecule has 0 radical (unpaired) electrons. The van der Waals surface area contributed by atoms with Gasteiger partial charge in [0.15, 0.2) is 17.4 Å². The normalized spacial score (nSPS) is 29.1. The van der Waals surface area contributed by atoms with Gasteiger partial charge in [-0.3, -0.25) is 0 Å². The molecule has 0 aliphatic heterocycles. The van der Waals surface area contributed by atoms with Gasteiger partial charge in [-0.05, 0) is 31.5 Å². The SMILES string of the molecule is CCCNC1CC(Oc2c(F)cccc2F)C1(C)CC. The fourth-order valence-electron chi connectivity index (χ4n) is 2.85. The second-order valence-electron chi connectivity index (χ2n) is 5.76. The van der Waals surface area contributed by atoms with Crippen molar-refractivity contribution in [2.24, 2.45) is 5.41 Å². The maximum Gasteiger partial charge on any atom is 0.191 e. The Kier molecular flexibility index (Phi) is 4.63. The van der Waals surface area contributed by atoms with Gasteiger partial charge in [-0.15, -0.1) is 0 Å². The molecule has 112 valence electrons. The smallest absolute Gasteiger partial charge is 0.191 e. The van der Waals surface area contributed by atoms with Crippen LogP contribution in [0.3, 0.4) is 0 Å². The summed E-state index contributed by atoms with van der Waals surface area (Å²) >= 11 is 0. The summed E-state index contributed by atoms with van der Waals surface area (Å²) in [5.41, 5.74) is -0.0795. The van der Waals surface area contributed by atoms with Crippen LogP contribution in [0.1, 0.15) is 40.0 Å². The Balaban J connectivity index is 2.07. The van der Waals surface area contributed by atoms with Gasteiger partial charge in [0, 0.05) is 17.9 Å². The summed E-state index contributed by atoms with van der Waals surface area (Å²) in [5.74, 6) is -1.51. The fraction of sp³-hybridized carbons (Fsp3) is 0.625. The van der Waals surface area contributed by atoms with E-state index in [0.717, 1.165) is 25.8 Å². The monoisotopic (exact) mass is 283 g/mol. The van der Waals surface area contributed by atoms with E-state index >= 15 is 0 Å². The summed E-state index contributed by atoms with van der Waals surface area (Å²) in [4.78, 5) is 0. The van der Waals surface area contributed by atoms with Crippen LogP contribution in [0.4, 0.5) is 8.78 Å². The molecule has 1 aromatic carbocycles. The molecule has 1 aliphatic rings. The molecule has 3 unspecified atom stereocenters. The lowest BCUT2D eigenvalue weighted by molar-refractivity contribution is -0.0732. The van der Waals surface area contributed by atoms with Crippen LogP contribution < -0.4 is 10.1 Å². The molecule has 0 bridgehead atoms. The Morgan fingerprint density at radius 2 is 1.95 bits per heavy atom. The highest BCUT2D eigenvalue weighted by molar-refractivity contribution is 5.27. The van der Waals surface area contributed by atoms with E-state index in [1.165, 1.54) is 18.2 Å². The summed E-state index contributed by atoms with van der Waals surface area (Å²) in [6.07, 6.45) is 2.63. The number of hydrogen-bond acceptors (Lipinski definition) is 2. The molecule has 1 fully saturated rings. The van der Waals surface area contributed by atoms with Gasteiger partial charge in [-0.1, -0.05) is 26.8 Å². The third-order valence-electron chi connectivity index (χ3n) is 4.56. The molecular weight excluding hydrogens is 260 g/mol. The van der Waals surface area contributed by atoms with Gasteiger partial charge >= 0.3 is 0 Å². The van der Waals surface area contributed by atoms with E-state index in [-0.39, 0.29) is 17.3 Å². The minimum atomic E-state index is -0.631. The van der Waals surface area contributed by atoms with Crippen molar-refractivity contribution in [1.29, 1.82) is 0 Å². The molecule has 0 saturated heterocycles. The van der Waals surface area contributed by atoms with E-state index in [1.54, 1.807) is 0 Å². The lowest BCUT2D eigenvalue weighted by Crippen LogP contribution is -2.63. The quantitative estimate of drug-likeness (QED) is 0.855. The van der Waals surface area contributed by atoms with Crippen molar-refractivity contribution in [2.45, 2.75) is 52.2 Å². The van der Waals surface area contributed by atoms with Gasteiger partial charge in [0.25, 0.3) is 0 Å². The topological polar surface area (TPSA) is 21.3 Å². The zero-order chi connectivity index (χ0) is 14.8. The first kappa shape index (κ1) is 15.2. The fourth-order valence-corrected chi connectivity index (χ4v) is 2.85. The molecule has 2 nitrogen and oxygen atoms in total. The van der Waals surface area contributed by atoms with E-state index in [9.17, 15) is 8.78 Å². The largest absolute Gasteiger partial charge is 0.484 e. The molecule has 1 N–H and O–H groups in total. The maximum absolute atomic E-state index is 13.6. The molecule has 1 aromatic rings. The Labute approximate surface area is 119 Å². The first-order valence-corrected chi connectivity index (χ1v) is 7.37. The Hall–Kier alpha value is -1.16. The zero-order valence-corrected chi connectivity index (χ0v) is 12.4. The van der Waals surface area contributed by atoms with Gasteiger partial charge in [0.1, 0.15) is 6.10 Å². The minimum Gasteiger partial charge on any atom is -0.484 e. The first-order chi connectivity index (χ1) is 9.52. The summed E-state index contributed by atoms with van der Waals surface area (Å²) < 4.78 is 32.9. The van der Waals surface area contributed by atoms with Crippen molar-refractivity contribution in [1.82, 2.24) is 5.32 Å². The predicted octanol–water partition coefficient (Wildman–Crippen LogP) is 3.90. The zero-order valence-electron chi connectivity index (χ0n) is 12.4. The molecule has 1 saturated carbocycles. The van der Waals surface area contributed by atoms with Gasteiger partial charge in [-0.2, -0.15) is 0 Å². The number of halogens is 2. The maximum atomic E-state index is 13.6. The third-order valence-corrected chi connectivity index (χ3v) is 4.56. The van der Waals surface area contributed by atoms with Gasteiger partial charge < -0.3 is 10.1 Å². The molecule has 1 aliphatic carbocycles. The van der Waals surface area contributed by atoms with Gasteiger partial charge in [0.05, 0.1) is 0 Å². The van der Waals surface area contributed by atoms with Crippen LogP contribution in [0.2, 0.25) is 0 Å². The number of nitrogens with one attached hydrogen (secondary N) is 1. The number of ether oxygens (including phenoxy) is 1. The molecule has 3 atom stereocenters. The van der Waals surface area contributed by atoms with Crippen LogP contribution in [-0.2, 0) is 0 Å². The summed E-state index contributed by atoms with van der Waals surface area (Å²) in [7, 11) is 0. The summed E-state index contributed by atoms with van der Waals surface area (Å²) in [6.45, 7) is 7.29. The van der Waals surface area contributed by atoms with Crippen LogP contribution in [-0.4, -0.2) is 18.7 Å². The predicted molar refractivity (Wildman–Crippen MR) is 75.9 cm³/mol. The standard InChI is InChI=1S/C16H23F2NO/c1-4-9-19-13-10-14(16(13,3)5-2)20-15-11(17)7-6-8-12(15)18/h6-8,13-14,19H,4-5,9-10H2,1-3H3. The average Bonchev–Trinajstić information content (AvgIpc) is 2.43. The van der Waals surface area contributed by atoms with Crippen LogP contribution in [0.25, 0.3) is 0 Å². The van der Waals surface area contributed by atoms with Crippen LogP contribution in [0.5, 0.6) is 5.75 Å². The third kappa shape index (κ3) is 2.66. The van der Waals surface area contributed by atoms with Crippen molar-refractivity contribution < 1.29 is 13.5 Å². The number of hydrogen-bond donors (Lipinski definition) is 1. The number of benzene rings is 1. The molecule has 0 aromatic heterocycles. The molecule has 0 amide bonds. The van der Waals surface area contributed by atoms with Crippen LogP contribution >= 0.6 is 0 Å². The van der Waals surface area contributed by atoms with Crippen molar-refractivity contribution >= 4 is 0 Å². The van der Waals surface area contributed by atoms with Crippen LogP contribution in [0, 0.1) is 17.0 Å². The molecule has 4 heteroatoms. The first-order valence-electron chi connectivity index (χ1n) is 7.37. The summed E-state index contributed by atoms with van der Waals surface area (Å²) in [6, 6.07) is 4.16. The van der Waals surface area contributed by atoms with Gasteiger partial charge in [-0.25, -0.2) is 8.78 Å². The second-order valence-corrected chi connectivity index (χ2v) is 5.76. The van der Waals surface area contributed by atoms with E-state index in [1.807, 2.05) is 0 Å². The van der Waals surface area contributed by atoms with Crippen molar-refractivity contribution in [3.05, 3.63) is 29.8 Å². The summed E-state index contributed by atoms with van der Waals surface area (Å²) in [5, 5.41) is 3.49. The molecule has 0 spiro atoms. The molecule has 2 rings (SSSR count). The van der Waals surface area contributed by atoms with E-state index in [0.29, 0.717) is 6.04 Å². The molecule has 20 heavy (non-hydrogen) atoms. The van der Waals surface area contributed by atoms with Crippen molar-refractivity contribution in [2.75, 3.05) is 6.54 Å². The highest BCUT2D eigenvalue weighted by atomic mass is 19.1. The number of rotatable bonds is 6. The van der Waals surface area contributed by atoms with Crippen LogP contribution in [0.15, 0.2) is 18.2 Å². The minimum absolute atomic E-state index is 0.0795. The second kappa shape index (κ2) is 6.08. The van der Waals surface area contributed by atoms with E-state index in [2.05, 4.69) is 26.1 Å². The lowest BCUT2D eigenvalue weighted by atomic mass is 9.61. The molecular formula is C16H23F2NO. The van der Waals surface area contributed by atoms with Crippen molar-refractivity contribution in [3.63, 3.8) is 0 Å². The van der Waals surface area contributed by atoms with E-state index in [4.69, 9.17) is 4.74 Å². The van der Waals surface area contributed by atoms with Crippen molar-refractivity contribution in [3.8, 4) is 5.75 Å². The Morgan fingerprint density at radius 1 is 1.30 bits per heavy atom. The lowest BCUT2D eigenvalue weighted by Gasteiger charge is -2.53. The number of para-hydroxylation sites is 1. The highest BCUT2D eigenvalue weighted by Gasteiger charge is 2.52. The van der Waals surface area contributed by atoms with Gasteiger partial charge in [0.2, 0.25) is 0 Å². The van der Waals surface area contributed by atoms with E-state index < -0.39 is 11.6 Å². The Morgan fingerprint density at radius 3 is 2.50 bits per heavy atom. The average molecular weight is 283 g/mol.